The van der Waals surface area contributed by atoms with E-state index in [-0.39, 0.29) is 11.5 Å². The van der Waals surface area contributed by atoms with Crippen LogP contribution in [0.4, 0.5) is 0 Å². The standard InChI is InChI=1S/C14H15NO7/c1-21-12-10(14(20)22-2)15(8-4-3-5-9(8)16)6-7(11(12)17)13(18)19/h6,8H,3-5H2,1-2H3,(H,18,19)/t8-/m0/s1. The van der Waals surface area contributed by atoms with Gasteiger partial charge in [0.05, 0.1) is 20.3 Å². The number of carboxylic acids is 1. The Labute approximate surface area is 125 Å². The summed E-state index contributed by atoms with van der Waals surface area (Å²) < 4.78 is 10.7. The molecule has 118 valence electrons. The lowest BCUT2D eigenvalue weighted by Gasteiger charge is -2.20. The fourth-order valence-corrected chi connectivity index (χ4v) is 2.58. The second-order valence-corrected chi connectivity index (χ2v) is 4.83. The van der Waals surface area contributed by atoms with Crippen molar-refractivity contribution in [3.05, 3.63) is 27.7 Å². The molecule has 0 unspecified atom stereocenters. The monoisotopic (exact) mass is 309 g/mol. The summed E-state index contributed by atoms with van der Waals surface area (Å²) in [6.07, 6.45) is 2.42. The Balaban J connectivity index is 2.80. The summed E-state index contributed by atoms with van der Waals surface area (Å²) in [6.45, 7) is 0. The Bertz CT molecular complexity index is 704. The predicted molar refractivity (Wildman–Crippen MR) is 73.4 cm³/mol. The van der Waals surface area contributed by atoms with Gasteiger partial charge >= 0.3 is 11.9 Å². The zero-order chi connectivity index (χ0) is 16.4. The number of ether oxygens (including phenoxy) is 2. The number of pyridine rings is 1. The molecular formula is C14H15NO7. The highest BCUT2D eigenvalue weighted by atomic mass is 16.5. The number of esters is 1. The number of ketones is 1. The van der Waals surface area contributed by atoms with E-state index in [4.69, 9.17) is 9.84 Å². The van der Waals surface area contributed by atoms with E-state index in [9.17, 15) is 19.2 Å². The molecule has 1 N–H and O–H groups in total. The highest BCUT2D eigenvalue weighted by Gasteiger charge is 2.33. The average Bonchev–Trinajstić information content (AvgIpc) is 2.91. The van der Waals surface area contributed by atoms with Gasteiger partial charge in [-0.05, 0) is 12.8 Å². The Hall–Kier alpha value is -2.64. The third-order valence-electron chi connectivity index (χ3n) is 3.61. The van der Waals surface area contributed by atoms with Crippen molar-refractivity contribution >= 4 is 17.7 Å². The number of hydrogen-bond acceptors (Lipinski definition) is 6. The van der Waals surface area contributed by atoms with Crippen molar-refractivity contribution in [1.29, 1.82) is 0 Å². The van der Waals surface area contributed by atoms with E-state index in [1.807, 2.05) is 0 Å². The van der Waals surface area contributed by atoms with Gasteiger partial charge in [-0.15, -0.1) is 0 Å². The van der Waals surface area contributed by atoms with E-state index in [1.165, 1.54) is 4.57 Å². The highest BCUT2D eigenvalue weighted by molar-refractivity contribution is 5.95. The van der Waals surface area contributed by atoms with Crippen LogP contribution in [-0.4, -0.2) is 41.6 Å². The second-order valence-electron chi connectivity index (χ2n) is 4.83. The Kier molecular flexibility index (Phi) is 4.30. The summed E-state index contributed by atoms with van der Waals surface area (Å²) in [4.78, 5) is 47.3. The minimum atomic E-state index is -1.46. The van der Waals surface area contributed by atoms with Crippen molar-refractivity contribution in [3.8, 4) is 5.75 Å². The minimum Gasteiger partial charge on any atom is -0.491 e. The van der Waals surface area contributed by atoms with Crippen LogP contribution in [0.1, 0.15) is 46.2 Å². The molecule has 1 aliphatic carbocycles. The first kappa shape index (κ1) is 15.7. The van der Waals surface area contributed by atoms with E-state index in [0.29, 0.717) is 19.3 Å². The number of carbonyl (C=O) groups excluding carboxylic acids is 2. The zero-order valence-electron chi connectivity index (χ0n) is 12.1. The lowest BCUT2D eigenvalue weighted by Crippen LogP contribution is -2.29. The third kappa shape index (κ3) is 2.47. The molecule has 22 heavy (non-hydrogen) atoms. The molecule has 1 atom stereocenters. The summed E-state index contributed by atoms with van der Waals surface area (Å²) in [5, 5.41) is 9.14. The SMILES string of the molecule is COC(=O)c1c(OC)c(=O)c(C(=O)O)cn1[C@H]1CCCC1=O. The van der Waals surface area contributed by atoms with E-state index in [1.54, 1.807) is 0 Å². The van der Waals surface area contributed by atoms with E-state index in [0.717, 1.165) is 20.4 Å². The smallest absolute Gasteiger partial charge is 0.358 e. The first-order chi connectivity index (χ1) is 10.4. The number of aromatic carboxylic acids is 1. The second kappa shape index (κ2) is 6.00. The quantitative estimate of drug-likeness (QED) is 0.812. The number of carboxylic acid groups (broad SMARTS) is 1. The summed E-state index contributed by atoms with van der Waals surface area (Å²) in [5.74, 6) is -2.90. The number of methoxy groups -OCH3 is 2. The molecule has 2 rings (SSSR count). The fraction of sp³-hybridized carbons (Fsp3) is 0.429. The van der Waals surface area contributed by atoms with Crippen LogP contribution in [0.2, 0.25) is 0 Å². The molecule has 8 nitrogen and oxygen atoms in total. The van der Waals surface area contributed by atoms with Gasteiger partial charge in [-0.2, -0.15) is 0 Å². The summed E-state index contributed by atoms with van der Waals surface area (Å²) in [5.41, 5.74) is -1.75. The van der Waals surface area contributed by atoms with Crippen LogP contribution in [-0.2, 0) is 9.53 Å². The number of aromatic nitrogens is 1. The van der Waals surface area contributed by atoms with Gasteiger partial charge < -0.3 is 19.1 Å². The van der Waals surface area contributed by atoms with Crippen LogP contribution in [0.5, 0.6) is 5.75 Å². The lowest BCUT2D eigenvalue weighted by atomic mass is 10.1. The van der Waals surface area contributed by atoms with Crippen molar-refractivity contribution in [2.75, 3.05) is 14.2 Å². The number of Topliss-reactive ketones (excluding diaryl/α,β-unsaturated/α-hetero) is 1. The van der Waals surface area contributed by atoms with Crippen LogP contribution < -0.4 is 10.2 Å². The van der Waals surface area contributed by atoms with Crippen molar-refractivity contribution < 1.29 is 29.0 Å². The van der Waals surface area contributed by atoms with Gasteiger partial charge in [0.25, 0.3) is 0 Å². The topological polar surface area (TPSA) is 112 Å². The largest absolute Gasteiger partial charge is 0.491 e. The molecule has 1 aliphatic rings. The molecule has 0 spiro atoms. The molecule has 1 fully saturated rings. The van der Waals surface area contributed by atoms with Crippen LogP contribution in [0, 0.1) is 0 Å². The average molecular weight is 309 g/mol. The molecule has 1 aromatic rings. The Morgan fingerprint density at radius 1 is 1.32 bits per heavy atom. The van der Waals surface area contributed by atoms with Gasteiger partial charge in [0.2, 0.25) is 5.43 Å². The normalized spacial score (nSPS) is 17.4. The van der Waals surface area contributed by atoms with E-state index >= 15 is 0 Å². The summed E-state index contributed by atoms with van der Waals surface area (Å²) in [6, 6.07) is -0.707. The molecule has 1 aromatic heterocycles. The van der Waals surface area contributed by atoms with Crippen LogP contribution >= 0.6 is 0 Å². The molecule has 0 saturated heterocycles. The molecule has 0 bridgehead atoms. The van der Waals surface area contributed by atoms with Crippen molar-refractivity contribution in [2.45, 2.75) is 25.3 Å². The Morgan fingerprint density at radius 2 is 2.00 bits per heavy atom. The highest BCUT2D eigenvalue weighted by Crippen LogP contribution is 2.30. The maximum absolute atomic E-state index is 12.1. The number of hydrogen-bond donors (Lipinski definition) is 1. The number of nitrogens with zero attached hydrogens (tertiary/aromatic N) is 1. The lowest BCUT2D eigenvalue weighted by molar-refractivity contribution is -0.120. The molecule has 1 heterocycles. The molecule has 0 amide bonds. The number of rotatable bonds is 4. The minimum absolute atomic E-state index is 0.132. The molecule has 0 aliphatic heterocycles. The van der Waals surface area contributed by atoms with Crippen LogP contribution in [0.3, 0.4) is 0 Å². The van der Waals surface area contributed by atoms with Gasteiger partial charge in [0, 0.05) is 12.6 Å². The Morgan fingerprint density at radius 3 is 2.45 bits per heavy atom. The molecule has 0 aromatic carbocycles. The van der Waals surface area contributed by atoms with Crippen molar-refractivity contribution in [2.24, 2.45) is 0 Å². The van der Waals surface area contributed by atoms with Crippen molar-refractivity contribution in [3.63, 3.8) is 0 Å². The molecule has 1 saturated carbocycles. The third-order valence-corrected chi connectivity index (χ3v) is 3.61. The van der Waals surface area contributed by atoms with Crippen molar-refractivity contribution in [1.82, 2.24) is 4.57 Å². The van der Waals surface area contributed by atoms with Crippen LogP contribution in [0.25, 0.3) is 0 Å². The van der Waals surface area contributed by atoms with Gasteiger partial charge in [-0.1, -0.05) is 0 Å². The predicted octanol–water partition coefficient (Wildman–Crippen LogP) is 0.636. The van der Waals surface area contributed by atoms with E-state index < -0.39 is 34.7 Å². The first-order valence-electron chi connectivity index (χ1n) is 6.59. The molecule has 8 heteroatoms. The van der Waals surface area contributed by atoms with Crippen LogP contribution in [0.15, 0.2) is 11.0 Å². The number of carbonyl (C=O) groups is 3. The van der Waals surface area contributed by atoms with Gasteiger partial charge in [0.1, 0.15) is 5.56 Å². The maximum atomic E-state index is 12.1. The fourth-order valence-electron chi connectivity index (χ4n) is 2.58. The molecular weight excluding hydrogens is 294 g/mol. The van der Waals surface area contributed by atoms with Gasteiger partial charge in [-0.25, -0.2) is 9.59 Å². The maximum Gasteiger partial charge on any atom is 0.358 e. The summed E-state index contributed by atoms with van der Waals surface area (Å²) in [7, 11) is 2.27. The van der Waals surface area contributed by atoms with Gasteiger partial charge in [0.15, 0.2) is 17.2 Å². The zero-order valence-corrected chi connectivity index (χ0v) is 12.1. The summed E-state index contributed by atoms with van der Waals surface area (Å²) >= 11 is 0. The first-order valence-corrected chi connectivity index (χ1v) is 6.59. The van der Waals surface area contributed by atoms with E-state index in [2.05, 4.69) is 4.74 Å². The molecule has 0 radical (unpaired) electrons. The van der Waals surface area contributed by atoms with Gasteiger partial charge in [-0.3, -0.25) is 9.59 Å².